The number of pyridine rings is 1. The molecule has 0 saturated heterocycles. The first-order chi connectivity index (χ1) is 18.1. The van der Waals surface area contributed by atoms with Crippen molar-refractivity contribution in [2.45, 2.75) is 38.8 Å². The molecule has 0 fully saturated rings. The molecule has 1 atom stereocenters. The van der Waals surface area contributed by atoms with Gasteiger partial charge in [-0.1, -0.05) is 25.1 Å². The number of halogens is 1. The molecule has 0 spiro atoms. The van der Waals surface area contributed by atoms with E-state index in [9.17, 15) is 24.2 Å². The molecule has 2 aromatic heterocycles. The smallest absolute Gasteiger partial charge is 0.293 e. The van der Waals surface area contributed by atoms with Crippen LogP contribution in [0.5, 0.6) is 0 Å². The molecule has 204 valence electrons. The molecule has 1 amide bonds. The first kappa shape index (κ1) is 29.2. The highest BCUT2D eigenvalue weighted by atomic mass is 32.1. The van der Waals surface area contributed by atoms with Gasteiger partial charge in [0.05, 0.1) is 29.5 Å². The van der Waals surface area contributed by atoms with Gasteiger partial charge in [0.25, 0.3) is 12.4 Å². The number of amides is 1. The molecule has 1 aromatic carbocycles. The third-order valence-corrected chi connectivity index (χ3v) is 7.06. The summed E-state index contributed by atoms with van der Waals surface area (Å²) in [4.78, 5) is 29.8. The average molecular weight is 545 g/mol. The number of thiophene rings is 1. The van der Waals surface area contributed by atoms with Gasteiger partial charge >= 0.3 is 0 Å². The Balaban J connectivity index is 1.91. The highest BCUT2D eigenvalue weighted by Crippen LogP contribution is 2.39. The zero-order valence-electron chi connectivity index (χ0n) is 21.6. The van der Waals surface area contributed by atoms with Crippen LogP contribution in [0.3, 0.4) is 0 Å². The lowest BCUT2D eigenvalue weighted by Gasteiger charge is -2.29. The van der Waals surface area contributed by atoms with Crippen molar-refractivity contribution in [3.63, 3.8) is 0 Å². The Morgan fingerprint density at radius 2 is 2.05 bits per heavy atom. The normalized spacial score (nSPS) is 12.4. The zero-order valence-corrected chi connectivity index (χ0v) is 22.4. The summed E-state index contributed by atoms with van der Waals surface area (Å²) in [5.41, 5.74) is 5.88. The Hall–Kier alpha value is -3.38. The zero-order chi connectivity index (χ0) is 27.9. The van der Waals surface area contributed by atoms with E-state index in [2.05, 4.69) is 10.3 Å². The van der Waals surface area contributed by atoms with E-state index < -0.39 is 23.4 Å². The van der Waals surface area contributed by atoms with Gasteiger partial charge in [0, 0.05) is 17.0 Å². The lowest BCUT2D eigenvalue weighted by atomic mass is 9.96. The number of nitrogens with one attached hydrogen (secondary N) is 1. The highest BCUT2D eigenvalue weighted by molar-refractivity contribution is 7.19. The molecule has 9 nitrogen and oxygen atoms in total. The number of benzene rings is 1. The standard InChI is InChI=1S/C27H33FN4O5S/c1-4-10-32(11-12-37-16-34)22(15-33)21-6-5-7-24(30-21)31-26-19(25(29)35)14-23(38-26)18-9-8-17(13-20(18)28)27(2,3)36/h5-9,13-14,16,22,33,36H,4,10-12,15H2,1-3H3,(H2,29,35)(H,30,31). The van der Waals surface area contributed by atoms with Gasteiger partial charge in [-0.05, 0) is 56.6 Å². The van der Waals surface area contributed by atoms with Crippen LogP contribution in [0.15, 0.2) is 42.5 Å². The van der Waals surface area contributed by atoms with Crippen molar-refractivity contribution in [3.05, 3.63) is 65.1 Å². The maximum atomic E-state index is 15.0. The second kappa shape index (κ2) is 12.9. The Bertz CT molecular complexity index is 1260. The highest BCUT2D eigenvalue weighted by Gasteiger charge is 2.23. The maximum absolute atomic E-state index is 15.0. The minimum atomic E-state index is -1.20. The number of ether oxygens (including phenoxy) is 1. The van der Waals surface area contributed by atoms with Crippen molar-refractivity contribution in [2.75, 3.05) is 31.6 Å². The lowest BCUT2D eigenvalue weighted by molar-refractivity contribution is -0.129. The predicted octanol–water partition coefficient (Wildman–Crippen LogP) is 3.94. The summed E-state index contributed by atoms with van der Waals surface area (Å²) in [6.45, 7) is 6.61. The number of carbonyl (C=O) groups excluding carboxylic acids is 2. The summed E-state index contributed by atoms with van der Waals surface area (Å²) in [6, 6.07) is 10.8. The van der Waals surface area contributed by atoms with E-state index in [4.69, 9.17) is 10.5 Å². The molecule has 0 aliphatic heterocycles. The monoisotopic (exact) mass is 544 g/mol. The number of hydrogen-bond donors (Lipinski definition) is 4. The van der Waals surface area contributed by atoms with Crippen molar-refractivity contribution in [1.29, 1.82) is 0 Å². The largest absolute Gasteiger partial charge is 0.467 e. The van der Waals surface area contributed by atoms with Crippen molar-refractivity contribution in [3.8, 4) is 10.4 Å². The van der Waals surface area contributed by atoms with Gasteiger partial charge in [-0.2, -0.15) is 0 Å². The fourth-order valence-electron chi connectivity index (χ4n) is 4.04. The Morgan fingerprint density at radius 1 is 1.29 bits per heavy atom. The second-order valence-electron chi connectivity index (χ2n) is 9.25. The van der Waals surface area contributed by atoms with Crippen LogP contribution in [0.25, 0.3) is 10.4 Å². The molecular formula is C27H33FN4O5S. The molecule has 3 aromatic rings. The van der Waals surface area contributed by atoms with Crippen molar-refractivity contribution in [2.24, 2.45) is 5.73 Å². The molecule has 0 aliphatic carbocycles. The number of rotatable bonds is 14. The van der Waals surface area contributed by atoms with Gasteiger partial charge < -0.3 is 26.0 Å². The molecule has 2 heterocycles. The third kappa shape index (κ3) is 7.13. The number of nitrogens with zero attached hydrogens (tertiary/aromatic N) is 2. The number of primary amides is 1. The van der Waals surface area contributed by atoms with Crippen LogP contribution in [-0.2, 0) is 15.1 Å². The second-order valence-corrected chi connectivity index (χ2v) is 10.3. The molecule has 1 unspecified atom stereocenters. The summed E-state index contributed by atoms with van der Waals surface area (Å²) in [5.74, 6) is -0.804. The lowest BCUT2D eigenvalue weighted by Crippen LogP contribution is -2.35. The molecule has 0 bridgehead atoms. The number of aliphatic hydroxyl groups excluding tert-OH is 1. The topological polar surface area (TPSA) is 138 Å². The van der Waals surface area contributed by atoms with Gasteiger partial charge in [-0.25, -0.2) is 9.37 Å². The molecule has 38 heavy (non-hydrogen) atoms. The fraction of sp³-hybridized carbons (Fsp3) is 0.370. The number of aromatic nitrogens is 1. The molecule has 0 aliphatic rings. The molecule has 0 saturated carbocycles. The van der Waals surface area contributed by atoms with E-state index in [1.807, 2.05) is 11.8 Å². The first-order valence-electron chi connectivity index (χ1n) is 12.2. The van der Waals surface area contributed by atoms with Gasteiger partial charge in [-0.3, -0.25) is 14.5 Å². The molecule has 5 N–H and O–H groups in total. The van der Waals surface area contributed by atoms with Crippen molar-refractivity contribution < 1.29 is 28.9 Å². The quantitative estimate of drug-likeness (QED) is 0.177. The van der Waals surface area contributed by atoms with E-state index in [0.29, 0.717) is 46.5 Å². The van der Waals surface area contributed by atoms with E-state index in [0.717, 1.165) is 17.8 Å². The summed E-state index contributed by atoms with van der Waals surface area (Å²) in [6.07, 6.45) is 0.822. The fourth-order valence-corrected chi connectivity index (χ4v) is 5.14. The summed E-state index contributed by atoms with van der Waals surface area (Å²) >= 11 is 1.15. The molecule has 3 rings (SSSR count). The maximum Gasteiger partial charge on any atom is 0.293 e. The minimum Gasteiger partial charge on any atom is -0.467 e. The van der Waals surface area contributed by atoms with Gasteiger partial charge in [-0.15, -0.1) is 11.3 Å². The Morgan fingerprint density at radius 3 is 2.66 bits per heavy atom. The number of hydrogen-bond acceptors (Lipinski definition) is 9. The molecule has 11 heteroatoms. The van der Waals surface area contributed by atoms with Gasteiger partial charge in [0.2, 0.25) is 0 Å². The number of aliphatic hydroxyl groups is 2. The van der Waals surface area contributed by atoms with Crippen LogP contribution in [-0.4, -0.2) is 58.8 Å². The minimum absolute atomic E-state index is 0.181. The summed E-state index contributed by atoms with van der Waals surface area (Å²) in [5, 5.41) is 23.8. The van der Waals surface area contributed by atoms with Gasteiger partial charge in [0.1, 0.15) is 23.2 Å². The predicted molar refractivity (Wildman–Crippen MR) is 145 cm³/mol. The van der Waals surface area contributed by atoms with Crippen LogP contribution in [0.1, 0.15) is 54.8 Å². The number of nitrogens with two attached hydrogens (primary N) is 1. The van der Waals surface area contributed by atoms with Crippen molar-refractivity contribution >= 4 is 34.5 Å². The summed E-state index contributed by atoms with van der Waals surface area (Å²) < 4.78 is 19.8. The van der Waals surface area contributed by atoms with Gasteiger partial charge in [0.15, 0.2) is 0 Å². The number of anilines is 2. The van der Waals surface area contributed by atoms with E-state index >= 15 is 0 Å². The van der Waals surface area contributed by atoms with Crippen LogP contribution < -0.4 is 11.1 Å². The van der Waals surface area contributed by atoms with E-state index in [1.165, 1.54) is 12.1 Å². The van der Waals surface area contributed by atoms with Crippen molar-refractivity contribution in [1.82, 2.24) is 9.88 Å². The SMILES string of the molecule is CCCN(CCOC=O)C(CO)c1cccc(Nc2sc(-c3ccc(C(C)(C)O)cc3F)cc2C(N)=O)n1. The van der Waals surface area contributed by atoms with Crippen LogP contribution in [0.2, 0.25) is 0 Å². The van der Waals surface area contributed by atoms with Crippen LogP contribution in [0.4, 0.5) is 15.2 Å². The van der Waals surface area contributed by atoms with E-state index in [1.54, 1.807) is 44.2 Å². The first-order valence-corrected chi connectivity index (χ1v) is 13.0. The third-order valence-electron chi connectivity index (χ3n) is 5.98. The van der Waals surface area contributed by atoms with Crippen LogP contribution in [0, 0.1) is 5.82 Å². The molecular weight excluding hydrogens is 511 g/mol. The average Bonchev–Trinajstić information content (AvgIpc) is 3.28. The Labute approximate surface area is 225 Å². The number of carbonyl (C=O) groups is 2. The summed E-state index contributed by atoms with van der Waals surface area (Å²) in [7, 11) is 0. The van der Waals surface area contributed by atoms with Crippen LogP contribution >= 0.6 is 11.3 Å². The van der Waals surface area contributed by atoms with E-state index in [-0.39, 0.29) is 24.3 Å². The molecule has 0 radical (unpaired) electrons. The Kier molecular flexibility index (Phi) is 9.92.